The van der Waals surface area contributed by atoms with Crippen LogP contribution in [-0.4, -0.2) is 34.0 Å². The summed E-state index contributed by atoms with van der Waals surface area (Å²) in [5.74, 6) is -0.600. The summed E-state index contributed by atoms with van der Waals surface area (Å²) in [4.78, 5) is 13.1. The van der Waals surface area contributed by atoms with Crippen molar-refractivity contribution in [3.05, 3.63) is 5.53 Å². The zero-order valence-corrected chi connectivity index (χ0v) is 5.56. The molecule has 0 radical (unpaired) electrons. The number of Topliss-reactive ketones (excluding diaryl/α,β-unsaturated/α-hetero) is 1. The second-order valence-electron chi connectivity index (χ2n) is 1.91. The van der Waals surface area contributed by atoms with Crippen LogP contribution in [0.4, 0.5) is 0 Å². The number of hydrogen-bond donors (Lipinski definition) is 2. The van der Waals surface area contributed by atoms with Gasteiger partial charge in [0.1, 0.15) is 6.04 Å². The standard InChI is InChI=1S/C5H9N3O2/c1-3(9)5(6)4(10)2-8-7/h2-3,5,9H,6H2,1H3/t3?,5-/m1/s1. The second-order valence-corrected chi connectivity index (χ2v) is 1.91. The molecule has 5 heteroatoms. The number of rotatable bonds is 3. The van der Waals surface area contributed by atoms with E-state index in [-0.39, 0.29) is 0 Å². The first-order valence-electron chi connectivity index (χ1n) is 2.74. The monoisotopic (exact) mass is 143 g/mol. The number of carbonyl (C=O) groups is 1. The van der Waals surface area contributed by atoms with Crippen LogP contribution in [0.15, 0.2) is 0 Å². The van der Waals surface area contributed by atoms with E-state index in [4.69, 9.17) is 16.4 Å². The SMILES string of the molecule is CC(O)[C@@H](N)C(=O)C=[N+]=[N-]. The van der Waals surface area contributed by atoms with Crippen LogP contribution in [0.5, 0.6) is 0 Å². The first kappa shape index (κ1) is 8.97. The van der Waals surface area contributed by atoms with Crippen molar-refractivity contribution in [3.63, 3.8) is 0 Å². The maximum absolute atomic E-state index is 10.6. The van der Waals surface area contributed by atoms with Gasteiger partial charge in [0.15, 0.2) is 0 Å². The van der Waals surface area contributed by atoms with Crippen LogP contribution in [0.2, 0.25) is 0 Å². The number of hydrogen-bond acceptors (Lipinski definition) is 3. The summed E-state index contributed by atoms with van der Waals surface area (Å²) in [5.41, 5.74) is 13.0. The van der Waals surface area contributed by atoms with E-state index < -0.39 is 17.9 Å². The number of aliphatic hydroxyl groups excluding tert-OH is 1. The lowest BCUT2D eigenvalue weighted by Gasteiger charge is -2.06. The minimum Gasteiger partial charge on any atom is -0.391 e. The van der Waals surface area contributed by atoms with Gasteiger partial charge >= 0.3 is 6.21 Å². The Bertz CT molecular complexity index is 172. The Kier molecular flexibility index (Phi) is 3.49. The molecule has 0 aliphatic carbocycles. The fraction of sp³-hybridized carbons (Fsp3) is 0.600. The molecule has 56 valence electrons. The Morgan fingerprint density at radius 1 is 1.90 bits per heavy atom. The number of aliphatic hydroxyl groups is 1. The highest BCUT2D eigenvalue weighted by molar-refractivity contribution is 6.27. The average molecular weight is 143 g/mol. The third-order valence-corrected chi connectivity index (χ3v) is 1.03. The van der Waals surface area contributed by atoms with Crippen LogP contribution in [0, 0.1) is 0 Å². The Morgan fingerprint density at radius 2 is 2.40 bits per heavy atom. The van der Waals surface area contributed by atoms with E-state index in [1.165, 1.54) is 6.92 Å². The molecule has 0 aromatic heterocycles. The van der Waals surface area contributed by atoms with Gasteiger partial charge in [-0.2, -0.15) is 4.79 Å². The van der Waals surface area contributed by atoms with Crippen LogP contribution in [-0.2, 0) is 4.79 Å². The van der Waals surface area contributed by atoms with Gasteiger partial charge < -0.3 is 16.4 Å². The molecular weight excluding hydrogens is 134 g/mol. The van der Waals surface area contributed by atoms with Gasteiger partial charge in [0, 0.05) is 0 Å². The Morgan fingerprint density at radius 3 is 2.70 bits per heavy atom. The summed E-state index contributed by atoms with van der Waals surface area (Å²) in [7, 11) is 0. The number of ketones is 1. The van der Waals surface area contributed by atoms with Gasteiger partial charge in [-0.15, -0.1) is 0 Å². The van der Waals surface area contributed by atoms with Crippen LogP contribution >= 0.6 is 0 Å². The maximum atomic E-state index is 10.6. The minimum absolute atomic E-state index is 0.600. The number of carbonyl (C=O) groups excluding carboxylic acids is 1. The van der Waals surface area contributed by atoms with E-state index in [1.54, 1.807) is 0 Å². The molecule has 5 nitrogen and oxygen atoms in total. The molecule has 2 atom stereocenters. The highest BCUT2D eigenvalue weighted by Gasteiger charge is 2.19. The molecular formula is C5H9N3O2. The van der Waals surface area contributed by atoms with Crippen molar-refractivity contribution in [2.45, 2.75) is 19.1 Å². The highest BCUT2D eigenvalue weighted by Crippen LogP contribution is 1.86. The van der Waals surface area contributed by atoms with Crippen molar-refractivity contribution in [2.24, 2.45) is 5.73 Å². The quantitative estimate of drug-likeness (QED) is 0.287. The van der Waals surface area contributed by atoms with Crippen molar-refractivity contribution < 1.29 is 14.7 Å². The first-order chi connectivity index (χ1) is 4.59. The van der Waals surface area contributed by atoms with Gasteiger partial charge in [0.25, 0.3) is 5.78 Å². The molecule has 0 amide bonds. The fourth-order valence-electron chi connectivity index (χ4n) is 0.381. The van der Waals surface area contributed by atoms with Crippen LogP contribution in [0.25, 0.3) is 5.53 Å². The third-order valence-electron chi connectivity index (χ3n) is 1.03. The molecule has 0 heterocycles. The molecule has 0 aliphatic rings. The van der Waals surface area contributed by atoms with Crippen molar-refractivity contribution in [2.75, 3.05) is 0 Å². The second kappa shape index (κ2) is 3.90. The van der Waals surface area contributed by atoms with Gasteiger partial charge in [-0.25, -0.2) is 0 Å². The summed E-state index contributed by atoms with van der Waals surface area (Å²) in [6.07, 6.45) is -0.261. The molecule has 1 unspecified atom stereocenters. The van der Waals surface area contributed by atoms with Crippen molar-refractivity contribution in [3.8, 4) is 0 Å². The van der Waals surface area contributed by atoms with E-state index in [1.807, 2.05) is 0 Å². The van der Waals surface area contributed by atoms with E-state index in [0.717, 1.165) is 0 Å². The third kappa shape index (κ3) is 2.50. The Labute approximate surface area is 58.1 Å². The van der Waals surface area contributed by atoms with Gasteiger partial charge in [0.2, 0.25) is 0 Å². The molecule has 0 aromatic carbocycles. The topological polar surface area (TPSA) is 99.7 Å². The van der Waals surface area contributed by atoms with Crippen molar-refractivity contribution in [1.82, 2.24) is 0 Å². The normalized spacial score (nSPS) is 15.1. The van der Waals surface area contributed by atoms with Crippen molar-refractivity contribution in [1.29, 1.82) is 0 Å². The Hall–Kier alpha value is -1.03. The molecule has 0 spiro atoms. The number of nitrogens with two attached hydrogens (primary N) is 1. The van der Waals surface area contributed by atoms with Gasteiger partial charge in [-0.05, 0) is 6.92 Å². The number of nitrogens with zero attached hydrogens (tertiary/aromatic N) is 2. The summed E-state index contributed by atoms with van der Waals surface area (Å²) < 4.78 is 0. The molecule has 0 aromatic rings. The minimum atomic E-state index is -1.00. The van der Waals surface area contributed by atoms with Gasteiger partial charge in [-0.3, -0.25) is 4.79 Å². The van der Waals surface area contributed by atoms with Crippen LogP contribution in [0.3, 0.4) is 0 Å². The summed E-state index contributed by atoms with van der Waals surface area (Å²) in [5, 5.41) is 8.73. The molecule has 10 heavy (non-hydrogen) atoms. The van der Waals surface area contributed by atoms with E-state index in [0.29, 0.717) is 6.21 Å². The lowest BCUT2D eigenvalue weighted by molar-refractivity contribution is -0.119. The van der Waals surface area contributed by atoms with E-state index in [2.05, 4.69) is 4.79 Å². The lowest BCUT2D eigenvalue weighted by Crippen LogP contribution is -2.40. The summed E-state index contributed by atoms with van der Waals surface area (Å²) >= 11 is 0. The predicted octanol–water partition coefficient (Wildman–Crippen LogP) is -1.44. The van der Waals surface area contributed by atoms with Gasteiger partial charge in [-0.1, -0.05) is 0 Å². The molecule has 3 N–H and O–H groups in total. The van der Waals surface area contributed by atoms with Crippen molar-refractivity contribution >= 4 is 12.0 Å². The fourth-order valence-corrected chi connectivity index (χ4v) is 0.381. The average Bonchev–Trinajstić information content (AvgIpc) is 1.87. The van der Waals surface area contributed by atoms with Crippen LogP contribution in [0.1, 0.15) is 6.92 Å². The van der Waals surface area contributed by atoms with E-state index >= 15 is 0 Å². The largest absolute Gasteiger partial charge is 0.391 e. The van der Waals surface area contributed by atoms with Gasteiger partial charge in [0.05, 0.1) is 6.10 Å². The van der Waals surface area contributed by atoms with E-state index in [9.17, 15) is 4.79 Å². The zero-order chi connectivity index (χ0) is 8.15. The maximum Gasteiger partial charge on any atom is 0.324 e. The molecule has 0 rings (SSSR count). The molecule has 0 saturated heterocycles. The lowest BCUT2D eigenvalue weighted by atomic mass is 10.1. The Balaban J connectivity index is 4.07. The summed E-state index contributed by atoms with van der Waals surface area (Å²) in [6.45, 7) is 1.38. The predicted molar refractivity (Wildman–Crippen MR) is 34.3 cm³/mol. The molecule has 0 fully saturated rings. The molecule has 0 saturated carbocycles. The summed E-state index contributed by atoms with van der Waals surface area (Å²) in [6, 6.07) is -1.00. The smallest absolute Gasteiger partial charge is 0.324 e. The highest BCUT2D eigenvalue weighted by atomic mass is 16.3. The zero-order valence-electron chi connectivity index (χ0n) is 5.56. The first-order valence-corrected chi connectivity index (χ1v) is 2.74. The molecule has 0 aliphatic heterocycles. The molecule has 0 bridgehead atoms. The van der Waals surface area contributed by atoms with Crippen LogP contribution < -0.4 is 5.73 Å².